The minimum Gasteiger partial charge on any atom is -0.367 e. The summed E-state index contributed by atoms with van der Waals surface area (Å²) in [5.74, 6) is 0.472. The summed E-state index contributed by atoms with van der Waals surface area (Å²) in [6.45, 7) is 0.516. The highest BCUT2D eigenvalue weighted by Gasteiger charge is 2.18. The Balaban J connectivity index is 1.52. The third-order valence-corrected chi connectivity index (χ3v) is 6.27. The van der Waals surface area contributed by atoms with E-state index in [1.807, 2.05) is 35.7 Å². The van der Waals surface area contributed by atoms with Crippen molar-refractivity contribution < 1.29 is 4.39 Å². The lowest BCUT2D eigenvalue weighted by Gasteiger charge is -2.15. The van der Waals surface area contributed by atoms with Gasteiger partial charge in [-0.05, 0) is 35.7 Å². The molecule has 0 aliphatic heterocycles. The van der Waals surface area contributed by atoms with Crippen LogP contribution in [-0.2, 0) is 6.42 Å². The first-order valence-electron chi connectivity index (χ1n) is 10.5. The van der Waals surface area contributed by atoms with E-state index in [-0.39, 0.29) is 6.04 Å². The second kappa shape index (κ2) is 9.40. The molecule has 8 heteroatoms. The number of nitrogens with one attached hydrogen (secondary N) is 1. The lowest BCUT2D eigenvalue weighted by Crippen LogP contribution is -2.31. The summed E-state index contributed by atoms with van der Waals surface area (Å²) in [6, 6.07) is 15.5. The number of hydrogen-bond donors (Lipinski definition) is 2. The predicted octanol–water partition coefficient (Wildman–Crippen LogP) is 4.94. The normalized spacial score (nSPS) is 12.1. The van der Waals surface area contributed by atoms with E-state index in [9.17, 15) is 4.39 Å². The molecule has 6 nitrogen and oxygen atoms in total. The molecule has 0 radical (unpaired) electrons. The van der Waals surface area contributed by atoms with Gasteiger partial charge in [-0.15, -0.1) is 11.3 Å². The molecule has 0 aliphatic carbocycles. The number of aromatic nitrogens is 4. The van der Waals surface area contributed by atoms with Crippen molar-refractivity contribution in [3.63, 3.8) is 0 Å². The Bertz CT molecular complexity index is 1370. The van der Waals surface area contributed by atoms with E-state index >= 15 is 0 Å². The Labute approximate surface area is 194 Å². The van der Waals surface area contributed by atoms with Crippen LogP contribution >= 0.6 is 11.3 Å². The van der Waals surface area contributed by atoms with Gasteiger partial charge in [0.05, 0.1) is 22.0 Å². The standard InChI is InChI=1S/C25H21FN6S/c26-21-14-29-11-8-19(21)24-31-22-20(17-6-9-28-10-7-17)15-33-23(22)25(32-24)30-13-18(27)12-16-4-2-1-3-5-16/h1-11,14-15,18H,12-13,27H2,(H,30,31,32)/t18-/m0/s1. The lowest BCUT2D eigenvalue weighted by atomic mass is 10.1. The van der Waals surface area contributed by atoms with E-state index in [1.165, 1.54) is 18.0 Å². The average molecular weight is 457 g/mol. The van der Waals surface area contributed by atoms with Gasteiger partial charge < -0.3 is 11.1 Å². The second-order valence-corrected chi connectivity index (χ2v) is 8.52. The lowest BCUT2D eigenvalue weighted by molar-refractivity contribution is 0.623. The van der Waals surface area contributed by atoms with Crippen LogP contribution < -0.4 is 11.1 Å². The monoisotopic (exact) mass is 456 g/mol. The number of anilines is 1. The largest absolute Gasteiger partial charge is 0.367 e. The highest BCUT2D eigenvalue weighted by molar-refractivity contribution is 7.18. The van der Waals surface area contributed by atoms with Crippen LogP contribution in [0.5, 0.6) is 0 Å². The molecule has 1 atom stereocenters. The molecular weight excluding hydrogens is 435 g/mol. The zero-order valence-corrected chi connectivity index (χ0v) is 18.5. The number of nitrogens with two attached hydrogens (primary N) is 1. The second-order valence-electron chi connectivity index (χ2n) is 7.65. The van der Waals surface area contributed by atoms with Crippen LogP contribution in [0.3, 0.4) is 0 Å². The van der Waals surface area contributed by atoms with Gasteiger partial charge >= 0.3 is 0 Å². The molecule has 5 aromatic rings. The Morgan fingerprint density at radius 2 is 1.73 bits per heavy atom. The summed E-state index contributed by atoms with van der Waals surface area (Å²) >= 11 is 1.54. The summed E-state index contributed by atoms with van der Waals surface area (Å²) in [5, 5.41) is 5.42. The van der Waals surface area contributed by atoms with Gasteiger partial charge in [0.15, 0.2) is 11.6 Å². The molecule has 3 N–H and O–H groups in total. The topological polar surface area (TPSA) is 89.6 Å². The van der Waals surface area contributed by atoms with Crippen LogP contribution in [0, 0.1) is 5.82 Å². The number of hydrogen-bond acceptors (Lipinski definition) is 7. The predicted molar refractivity (Wildman–Crippen MR) is 130 cm³/mol. The molecule has 5 rings (SSSR count). The van der Waals surface area contributed by atoms with Crippen LogP contribution in [-0.4, -0.2) is 32.5 Å². The number of pyridine rings is 2. The fraction of sp³-hybridized carbons (Fsp3) is 0.120. The summed E-state index contributed by atoms with van der Waals surface area (Å²) in [7, 11) is 0. The van der Waals surface area contributed by atoms with E-state index in [0.29, 0.717) is 23.8 Å². The van der Waals surface area contributed by atoms with Crippen molar-refractivity contribution in [2.45, 2.75) is 12.5 Å². The Morgan fingerprint density at radius 1 is 0.939 bits per heavy atom. The van der Waals surface area contributed by atoms with Gasteiger partial charge in [0.2, 0.25) is 0 Å². The molecule has 0 spiro atoms. The summed E-state index contributed by atoms with van der Waals surface area (Å²) < 4.78 is 15.4. The molecule has 0 unspecified atom stereocenters. The van der Waals surface area contributed by atoms with Crippen LogP contribution in [0.4, 0.5) is 10.2 Å². The zero-order valence-electron chi connectivity index (χ0n) is 17.6. The Kier molecular flexibility index (Phi) is 6.01. The van der Waals surface area contributed by atoms with Gasteiger partial charge in [-0.25, -0.2) is 14.4 Å². The highest BCUT2D eigenvalue weighted by atomic mass is 32.1. The number of nitrogens with zero attached hydrogens (tertiary/aromatic N) is 4. The minimum atomic E-state index is -0.468. The van der Waals surface area contributed by atoms with E-state index in [1.54, 1.807) is 29.8 Å². The Morgan fingerprint density at radius 3 is 2.52 bits per heavy atom. The quantitative estimate of drug-likeness (QED) is 0.361. The Hall–Kier alpha value is -3.75. The fourth-order valence-corrected chi connectivity index (χ4v) is 4.65. The van der Waals surface area contributed by atoms with Gasteiger partial charge in [-0.2, -0.15) is 0 Å². The molecule has 164 valence electrons. The van der Waals surface area contributed by atoms with E-state index in [0.717, 1.165) is 27.8 Å². The number of fused-ring (bicyclic) bond motifs is 1. The number of thiophene rings is 1. The first-order chi connectivity index (χ1) is 16.2. The van der Waals surface area contributed by atoms with Crippen molar-refractivity contribution in [1.82, 2.24) is 19.9 Å². The van der Waals surface area contributed by atoms with Crippen LogP contribution in [0.25, 0.3) is 32.7 Å². The molecular formula is C25H21FN6S. The van der Waals surface area contributed by atoms with Crippen molar-refractivity contribution in [2.75, 3.05) is 11.9 Å². The average Bonchev–Trinajstić information content (AvgIpc) is 3.28. The molecule has 33 heavy (non-hydrogen) atoms. The molecule has 1 aromatic carbocycles. The van der Waals surface area contributed by atoms with Crippen molar-refractivity contribution in [3.8, 4) is 22.5 Å². The van der Waals surface area contributed by atoms with Gasteiger partial charge in [0.1, 0.15) is 5.82 Å². The van der Waals surface area contributed by atoms with Crippen molar-refractivity contribution >= 4 is 27.4 Å². The van der Waals surface area contributed by atoms with Crippen LogP contribution in [0.15, 0.2) is 78.7 Å². The maximum absolute atomic E-state index is 14.5. The van der Waals surface area contributed by atoms with Crippen LogP contribution in [0.2, 0.25) is 0 Å². The number of benzene rings is 1. The number of halogens is 1. The molecule has 0 saturated heterocycles. The summed E-state index contributed by atoms with van der Waals surface area (Å²) in [5.41, 5.74) is 10.6. The van der Waals surface area contributed by atoms with Crippen molar-refractivity contribution in [2.24, 2.45) is 5.73 Å². The SMILES string of the molecule is N[C@H](CNc1nc(-c2ccncc2F)nc2c(-c3ccncc3)csc12)Cc1ccccc1. The molecule has 0 fully saturated rings. The van der Waals surface area contributed by atoms with Gasteiger partial charge in [-0.3, -0.25) is 9.97 Å². The zero-order chi connectivity index (χ0) is 22.6. The highest BCUT2D eigenvalue weighted by Crippen LogP contribution is 2.37. The molecule has 0 bridgehead atoms. The van der Waals surface area contributed by atoms with Crippen molar-refractivity contribution in [1.29, 1.82) is 0 Å². The van der Waals surface area contributed by atoms with Gasteiger partial charge in [-0.1, -0.05) is 30.3 Å². The maximum Gasteiger partial charge on any atom is 0.165 e. The molecule has 4 heterocycles. The maximum atomic E-state index is 14.5. The van der Waals surface area contributed by atoms with Crippen LogP contribution in [0.1, 0.15) is 5.56 Å². The first kappa shape index (κ1) is 21.1. The smallest absolute Gasteiger partial charge is 0.165 e. The molecule has 0 aliphatic rings. The minimum absolute atomic E-state index is 0.113. The van der Waals surface area contributed by atoms with E-state index in [2.05, 4.69) is 32.4 Å². The summed E-state index contributed by atoms with van der Waals surface area (Å²) in [4.78, 5) is 17.4. The summed E-state index contributed by atoms with van der Waals surface area (Å²) in [6.07, 6.45) is 6.92. The molecule has 4 aromatic heterocycles. The van der Waals surface area contributed by atoms with Gasteiger partial charge in [0.25, 0.3) is 0 Å². The van der Waals surface area contributed by atoms with E-state index < -0.39 is 5.82 Å². The van der Waals surface area contributed by atoms with Crippen molar-refractivity contribution in [3.05, 3.63) is 90.1 Å². The fourth-order valence-electron chi connectivity index (χ4n) is 3.67. The molecule has 0 amide bonds. The molecule has 0 saturated carbocycles. The van der Waals surface area contributed by atoms with Gasteiger partial charge in [0, 0.05) is 42.1 Å². The third kappa shape index (κ3) is 4.57. The number of rotatable bonds is 7. The first-order valence-corrected chi connectivity index (χ1v) is 11.4. The van der Waals surface area contributed by atoms with E-state index in [4.69, 9.17) is 10.7 Å². The third-order valence-electron chi connectivity index (χ3n) is 5.29.